The van der Waals surface area contributed by atoms with Crippen molar-refractivity contribution in [2.24, 2.45) is 0 Å². The first-order chi connectivity index (χ1) is 13.8. The van der Waals surface area contributed by atoms with Crippen molar-refractivity contribution in [1.82, 2.24) is 16.2 Å². The summed E-state index contributed by atoms with van der Waals surface area (Å²) in [6.45, 7) is 2.27. The fourth-order valence-corrected chi connectivity index (χ4v) is 3.26. The van der Waals surface area contributed by atoms with Gasteiger partial charge in [0.25, 0.3) is 5.91 Å². The van der Waals surface area contributed by atoms with Crippen LogP contribution in [0.5, 0.6) is 5.75 Å². The summed E-state index contributed by atoms with van der Waals surface area (Å²) in [5.74, 6) is -0.149. The Labute approximate surface area is 197 Å². The van der Waals surface area contributed by atoms with Crippen molar-refractivity contribution in [3.8, 4) is 5.75 Å². The van der Waals surface area contributed by atoms with Gasteiger partial charge in [-0.3, -0.25) is 25.8 Å². The fourth-order valence-electron chi connectivity index (χ4n) is 2.14. The molecule has 2 aromatic carbocycles. The summed E-state index contributed by atoms with van der Waals surface area (Å²) in [7, 11) is 0. The van der Waals surface area contributed by atoms with Crippen LogP contribution in [0.15, 0.2) is 36.4 Å². The monoisotopic (exact) mass is 565 g/mol. The average Bonchev–Trinajstić information content (AvgIpc) is 2.67. The number of ether oxygens (including phenoxy) is 1. The second-order valence-corrected chi connectivity index (χ2v) is 8.36. The van der Waals surface area contributed by atoms with Crippen molar-refractivity contribution in [3.63, 3.8) is 0 Å². The first-order valence-corrected chi connectivity index (χ1v) is 10.7. The highest BCUT2D eigenvalue weighted by atomic mass is 127. The van der Waals surface area contributed by atoms with Gasteiger partial charge in [-0.15, -0.1) is 0 Å². The van der Waals surface area contributed by atoms with Crippen LogP contribution in [-0.2, 0) is 4.79 Å². The quantitative estimate of drug-likeness (QED) is 0.209. The predicted molar refractivity (Wildman–Crippen MR) is 126 cm³/mol. The molecule has 2 aromatic rings. The highest BCUT2D eigenvalue weighted by Gasteiger charge is 2.10. The minimum atomic E-state index is -0.358. The zero-order valence-electron chi connectivity index (χ0n) is 15.4. The lowest BCUT2D eigenvalue weighted by Crippen LogP contribution is -2.48. The van der Waals surface area contributed by atoms with Crippen molar-refractivity contribution in [3.05, 3.63) is 61.1 Å². The topological polar surface area (TPSA) is 79.5 Å². The maximum atomic E-state index is 12.2. The Kier molecular flexibility index (Phi) is 9.41. The van der Waals surface area contributed by atoms with Crippen LogP contribution in [0.3, 0.4) is 0 Å². The molecule has 3 N–H and O–H groups in total. The van der Waals surface area contributed by atoms with Gasteiger partial charge in [0.05, 0.1) is 11.6 Å². The summed E-state index contributed by atoms with van der Waals surface area (Å²) in [6, 6.07) is 10.3. The highest BCUT2D eigenvalue weighted by Crippen LogP contribution is 2.27. The van der Waals surface area contributed by atoms with Crippen molar-refractivity contribution in [2.45, 2.75) is 19.8 Å². The molecule has 0 aliphatic carbocycles. The SMILES string of the molecule is Cc1ccc(C(=O)NC(=S)NNC(=O)CCCOc2ccc(Cl)cc2Cl)cc1I. The van der Waals surface area contributed by atoms with Crippen molar-refractivity contribution >= 4 is 74.9 Å². The Morgan fingerprint density at radius 2 is 1.90 bits per heavy atom. The van der Waals surface area contributed by atoms with E-state index < -0.39 is 0 Å². The lowest BCUT2D eigenvalue weighted by molar-refractivity contribution is -0.121. The third kappa shape index (κ3) is 7.96. The minimum Gasteiger partial charge on any atom is -0.492 e. The number of hydrazine groups is 1. The van der Waals surface area contributed by atoms with E-state index in [0.717, 1.165) is 9.13 Å². The summed E-state index contributed by atoms with van der Waals surface area (Å²) >= 11 is 19.0. The number of rotatable bonds is 6. The molecule has 0 aromatic heterocycles. The van der Waals surface area contributed by atoms with Crippen LogP contribution in [0, 0.1) is 10.5 Å². The maximum Gasteiger partial charge on any atom is 0.257 e. The number of aryl methyl sites for hydroxylation is 1. The van der Waals surface area contributed by atoms with E-state index in [1.165, 1.54) is 0 Å². The number of nitrogens with one attached hydrogen (secondary N) is 3. The molecule has 0 saturated carbocycles. The molecule has 0 radical (unpaired) electrons. The third-order valence-corrected chi connectivity index (χ3v) is 5.57. The Morgan fingerprint density at radius 1 is 1.14 bits per heavy atom. The van der Waals surface area contributed by atoms with Gasteiger partial charge in [-0.25, -0.2) is 0 Å². The Balaban J connectivity index is 1.67. The van der Waals surface area contributed by atoms with Crippen LogP contribution >= 0.6 is 58.0 Å². The number of hydrogen-bond donors (Lipinski definition) is 3. The van der Waals surface area contributed by atoms with E-state index in [9.17, 15) is 9.59 Å². The molecule has 0 bridgehead atoms. The van der Waals surface area contributed by atoms with E-state index in [4.69, 9.17) is 40.2 Å². The summed E-state index contributed by atoms with van der Waals surface area (Å²) in [6.07, 6.45) is 0.665. The van der Waals surface area contributed by atoms with Gasteiger partial charge >= 0.3 is 0 Å². The second-order valence-electron chi connectivity index (χ2n) is 5.95. The van der Waals surface area contributed by atoms with Gasteiger partial charge < -0.3 is 4.74 Å². The van der Waals surface area contributed by atoms with Gasteiger partial charge in [-0.1, -0.05) is 29.3 Å². The first kappa shape index (κ1) is 23.7. The molecule has 10 heteroatoms. The highest BCUT2D eigenvalue weighted by molar-refractivity contribution is 14.1. The van der Waals surface area contributed by atoms with Crippen LogP contribution in [0.2, 0.25) is 10.0 Å². The number of hydrogen-bond acceptors (Lipinski definition) is 4. The van der Waals surface area contributed by atoms with E-state index in [0.29, 0.717) is 34.4 Å². The van der Waals surface area contributed by atoms with E-state index in [1.54, 1.807) is 30.3 Å². The molecule has 6 nitrogen and oxygen atoms in total. The van der Waals surface area contributed by atoms with E-state index in [-0.39, 0.29) is 23.3 Å². The Hall–Kier alpha value is -1.62. The predicted octanol–water partition coefficient (Wildman–Crippen LogP) is 4.40. The van der Waals surface area contributed by atoms with Gasteiger partial charge in [-0.2, -0.15) is 0 Å². The summed E-state index contributed by atoms with van der Waals surface area (Å²) < 4.78 is 6.49. The van der Waals surface area contributed by atoms with Gasteiger partial charge in [0.15, 0.2) is 5.11 Å². The smallest absolute Gasteiger partial charge is 0.257 e. The molecule has 29 heavy (non-hydrogen) atoms. The molecule has 0 atom stereocenters. The lowest BCUT2D eigenvalue weighted by Gasteiger charge is -2.12. The Bertz CT molecular complexity index is 928. The number of thiocarbonyl (C=S) groups is 1. The molecule has 0 aliphatic rings. The second kappa shape index (κ2) is 11.5. The number of carbonyl (C=O) groups is 2. The zero-order valence-corrected chi connectivity index (χ0v) is 19.8. The molecule has 0 saturated heterocycles. The number of amides is 2. The van der Waals surface area contributed by atoms with E-state index >= 15 is 0 Å². The number of benzene rings is 2. The van der Waals surface area contributed by atoms with Crippen molar-refractivity contribution < 1.29 is 14.3 Å². The molecule has 0 heterocycles. The normalized spacial score (nSPS) is 10.2. The average molecular weight is 566 g/mol. The molecule has 2 rings (SSSR count). The first-order valence-electron chi connectivity index (χ1n) is 8.50. The molecule has 0 fully saturated rings. The third-order valence-electron chi connectivity index (χ3n) is 3.68. The largest absolute Gasteiger partial charge is 0.492 e. The number of carbonyl (C=O) groups excluding carboxylic acids is 2. The van der Waals surface area contributed by atoms with Gasteiger partial charge in [0.1, 0.15) is 5.75 Å². The standard InChI is InChI=1S/C19H18Cl2IN3O3S/c1-11-4-5-12(9-15(11)22)18(27)23-19(29)25-24-17(26)3-2-8-28-16-7-6-13(20)10-14(16)21/h4-7,9-10H,2-3,8H2,1H3,(H,24,26)(H2,23,25,27,29). The van der Waals surface area contributed by atoms with Crippen molar-refractivity contribution in [1.29, 1.82) is 0 Å². The molecular formula is C19H18Cl2IN3O3S. The minimum absolute atomic E-state index is 0.00290. The molecular weight excluding hydrogens is 548 g/mol. The van der Waals surface area contributed by atoms with Gasteiger partial charge in [-0.05, 0) is 84.0 Å². The molecule has 0 spiro atoms. The van der Waals surface area contributed by atoms with Gasteiger partial charge in [0.2, 0.25) is 5.91 Å². The summed E-state index contributed by atoms with van der Waals surface area (Å²) in [4.78, 5) is 24.0. The van der Waals surface area contributed by atoms with Crippen LogP contribution in [0.25, 0.3) is 0 Å². The van der Waals surface area contributed by atoms with E-state index in [2.05, 4.69) is 38.8 Å². The Morgan fingerprint density at radius 3 is 2.59 bits per heavy atom. The van der Waals surface area contributed by atoms with Gasteiger partial charge in [0, 0.05) is 20.6 Å². The zero-order chi connectivity index (χ0) is 21.4. The van der Waals surface area contributed by atoms with Crippen LogP contribution in [-0.4, -0.2) is 23.5 Å². The van der Waals surface area contributed by atoms with Crippen molar-refractivity contribution in [2.75, 3.05) is 6.61 Å². The maximum absolute atomic E-state index is 12.2. The molecule has 0 aliphatic heterocycles. The van der Waals surface area contributed by atoms with E-state index in [1.807, 2.05) is 13.0 Å². The van der Waals surface area contributed by atoms with Crippen LogP contribution < -0.4 is 20.9 Å². The molecule has 154 valence electrons. The number of halogens is 3. The van der Waals surface area contributed by atoms with Crippen LogP contribution in [0.4, 0.5) is 0 Å². The van der Waals surface area contributed by atoms with Crippen LogP contribution in [0.1, 0.15) is 28.8 Å². The molecule has 2 amide bonds. The molecule has 0 unspecified atom stereocenters. The fraction of sp³-hybridized carbons (Fsp3) is 0.211. The lowest BCUT2D eigenvalue weighted by atomic mass is 10.1. The summed E-state index contributed by atoms with van der Waals surface area (Å²) in [5.41, 5.74) is 6.50. The summed E-state index contributed by atoms with van der Waals surface area (Å²) in [5, 5.41) is 3.45.